The highest BCUT2D eigenvalue weighted by Gasteiger charge is 2.13. The van der Waals surface area contributed by atoms with Crippen LogP contribution in [0.3, 0.4) is 0 Å². The molecule has 1 aromatic heterocycles. The van der Waals surface area contributed by atoms with Gasteiger partial charge in [-0.25, -0.2) is 0 Å². The Bertz CT molecular complexity index is 604. The minimum absolute atomic E-state index is 0.0892. The van der Waals surface area contributed by atoms with Crippen LogP contribution in [-0.4, -0.2) is 36.8 Å². The molecule has 0 aliphatic heterocycles. The van der Waals surface area contributed by atoms with E-state index in [1.165, 1.54) is 0 Å². The Hall–Kier alpha value is -2.01. The molecule has 0 fully saturated rings. The topological polar surface area (TPSA) is 50.2 Å². The van der Waals surface area contributed by atoms with Crippen LogP contribution in [0.1, 0.15) is 0 Å². The fourth-order valence-corrected chi connectivity index (χ4v) is 1.94. The Labute approximate surface area is 123 Å². The summed E-state index contributed by atoms with van der Waals surface area (Å²) in [6, 6.07) is 9.43. The molecule has 0 bridgehead atoms. The molecule has 106 valence electrons. The summed E-state index contributed by atoms with van der Waals surface area (Å²) in [4.78, 5) is 13.5. The number of hydrogen-bond donors (Lipinski definition) is 1. The first-order valence-corrected chi connectivity index (χ1v) is 6.60. The van der Waals surface area contributed by atoms with E-state index in [0.717, 1.165) is 17.1 Å². The maximum Gasteiger partial charge on any atom is 0.241 e. The molecule has 20 heavy (non-hydrogen) atoms. The number of aromatic nitrogens is 2. The van der Waals surface area contributed by atoms with Crippen molar-refractivity contribution in [2.45, 2.75) is 6.54 Å². The quantitative estimate of drug-likeness (QED) is 0.938. The van der Waals surface area contributed by atoms with E-state index in [2.05, 4.69) is 10.4 Å². The number of halogens is 1. The first-order chi connectivity index (χ1) is 9.51. The highest BCUT2D eigenvalue weighted by molar-refractivity contribution is 6.30. The van der Waals surface area contributed by atoms with Crippen molar-refractivity contribution < 1.29 is 4.79 Å². The third-order valence-electron chi connectivity index (χ3n) is 2.94. The molecule has 0 atom stereocenters. The molecule has 6 heteroatoms. The average molecular weight is 293 g/mol. The predicted octanol–water partition coefficient (Wildman–Crippen LogP) is 2.02. The molecule has 0 unspecified atom stereocenters. The summed E-state index contributed by atoms with van der Waals surface area (Å²) >= 11 is 5.91. The molecule has 5 nitrogen and oxygen atoms in total. The molecule has 1 aromatic carbocycles. The van der Waals surface area contributed by atoms with Gasteiger partial charge in [-0.15, -0.1) is 0 Å². The summed E-state index contributed by atoms with van der Waals surface area (Å²) in [5.41, 5.74) is 1.85. The number of anilines is 1. The molecule has 0 saturated heterocycles. The Kier molecular flexibility index (Phi) is 4.29. The standard InChI is InChI=1S/C14H17ClN4O/c1-16-14(20)9-19-12(8-13(17-19)18(2)3)10-4-6-11(15)7-5-10/h4-8H,9H2,1-3H3,(H,16,20). The Balaban J connectivity index is 2.43. The van der Waals surface area contributed by atoms with Crippen molar-refractivity contribution >= 4 is 23.3 Å². The van der Waals surface area contributed by atoms with Gasteiger partial charge < -0.3 is 10.2 Å². The molecule has 1 N–H and O–H groups in total. The lowest BCUT2D eigenvalue weighted by Gasteiger charge is -2.07. The Morgan fingerprint density at radius 3 is 2.55 bits per heavy atom. The summed E-state index contributed by atoms with van der Waals surface area (Å²) < 4.78 is 1.69. The van der Waals surface area contributed by atoms with Gasteiger partial charge in [-0.1, -0.05) is 23.7 Å². The van der Waals surface area contributed by atoms with Gasteiger partial charge in [-0.2, -0.15) is 5.10 Å². The highest BCUT2D eigenvalue weighted by atomic mass is 35.5. The zero-order valence-electron chi connectivity index (χ0n) is 11.7. The van der Waals surface area contributed by atoms with Crippen LogP contribution in [0.5, 0.6) is 0 Å². The second kappa shape index (κ2) is 5.96. The zero-order valence-corrected chi connectivity index (χ0v) is 12.5. The van der Waals surface area contributed by atoms with Crippen LogP contribution in [0.4, 0.5) is 5.82 Å². The average Bonchev–Trinajstić information content (AvgIpc) is 2.83. The highest BCUT2D eigenvalue weighted by Crippen LogP contribution is 2.25. The fourth-order valence-electron chi connectivity index (χ4n) is 1.81. The molecule has 0 aliphatic carbocycles. The number of nitrogens with one attached hydrogen (secondary N) is 1. The lowest BCUT2D eigenvalue weighted by molar-refractivity contribution is -0.121. The molecule has 2 rings (SSSR count). The van der Waals surface area contributed by atoms with Gasteiger partial charge in [0.25, 0.3) is 0 Å². The van der Waals surface area contributed by atoms with Crippen molar-refractivity contribution in [3.05, 3.63) is 35.4 Å². The van der Waals surface area contributed by atoms with Gasteiger partial charge in [0.15, 0.2) is 5.82 Å². The summed E-state index contributed by atoms with van der Waals surface area (Å²) in [5, 5.41) is 7.73. The van der Waals surface area contributed by atoms with E-state index in [1.54, 1.807) is 11.7 Å². The lowest BCUT2D eigenvalue weighted by Crippen LogP contribution is -2.24. The smallest absolute Gasteiger partial charge is 0.241 e. The molecular weight excluding hydrogens is 276 g/mol. The molecule has 0 spiro atoms. The van der Waals surface area contributed by atoms with E-state index in [-0.39, 0.29) is 12.5 Å². The van der Waals surface area contributed by atoms with Crippen LogP contribution < -0.4 is 10.2 Å². The molecular formula is C14H17ClN4O. The van der Waals surface area contributed by atoms with Gasteiger partial charge in [-0.05, 0) is 17.7 Å². The normalized spacial score (nSPS) is 10.4. The number of benzene rings is 1. The van der Waals surface area contributed by atoms with Crippen LogP contribution in [-0.2, 0) is 11.3 Å². The second-order valence-electron chi connectivity index (χ2n) is 4.62. The molecule has 0 saturated carbocycles. The monoisotopic (exact) mass is 292 g/mol. The van der Waals surface area contributed by atoms with Crippen LogP contribution >= 0.6 is 11.6 Å². The number of nitrogens with zero attached hydrogens (tertiary/aromatic N) is 3. The molecule has 0 aliphatic rings. The first kappa shape index (κ1) is 14.4. The maximum atomic E-state index is 11.6. The van der Waals surface area contributed by atoms with Crippen LogP contribution in [0, 0.1) is 0 Å². The van der Waals surface area contributed by atoms with Crippen LogP contribution in [0.15, 0.2) is 30.3 Å². The molecule has 1 heterocycles. The summed E-state index contributed by atoms with van der Waals surface area (Å²) in [7, 11) is 5.44. The third kappa shape index (κ3) is 3.11. The summed E-state index contributed by atoms with van der Waals surface area (Å²) in [6.07, 6.45) is 0. The summed E-state index contributed by atoms with van der Waals surface area (Å²) in [6.45, 7) is 0.183. The number of hydrogen-bond acceptors (Lipinski definition) is 3. The molecule has 1 amide bonds. The van der Waals surface area contributed by atoms with Crippen molar-refractivity contribution in [1.29, 1.82) is 0 Å². The number of carbonyl (C=O) groups excluding carboxylic acids is 1. The van der Waals surface area contributed by atoms with Crippen molar-refractivity contribution in [3.8, 4) is 11.3 Å². The third-order valence-corrected chi connectivity index (χ3v) is 3.19. The van der Waals surface area contributed by atoms with Gasteiger partial charge in [0.05, 0.1) is 5.69 Å². The van der Waals surface area contributed by atoms with E-state index in [0.29, 0.717) is 5.02 Å². The zero-order chi connectivity index (χ0) is 14.7. The number of rotatable bonds is 4. The molecule has 2 aromatic rings. The van der Waals surface area contributed by atoms with Crippen molar-refractivity contribution in [1.82, 2.24) is 15.1 Å². The number of likely N-dealkylation sites (N-methyl/N-ethyl adjacent to an activating group) is 1. The van der Waals surface area contributed by atoms with Gasteiger partial charge in [0.2, 0.25) is 5.91 Å². The van der Waals surface area contributed by atoms with Gasteiger partial charge in [0, 0.05) is 32.2 Å². The van der Waals surface area contributed by atoms with E-state index >= 15 is 0 Å². The number of carbonyl (C=O) groups is 1. The predicted molar refractivity (Wildman–Crippen MR) is 81.1 cm³/mol. The van der Waals surface area contributed by atoms with Gasteiger partial charge in [0.1, 0.15) is 6.54 Å². The largest absolute Gasteiger partial charge is 0.361 e. The van der Waals surface area contributed by atoms with Crippen molar-refractivity contribution in [2.24, 2.45) is 0 Å². The maximum absolute atomic E-state index is 11.6. The van der Waals surface area contributed by atoms with Crippen molar-refractivity contribution in [3.63, 3.8) is 0 Å². The Morgan fingerprint density at radius 1 is 1.35 bits per heavy atom. The Morgan fingerprint density at radius 2 is 2.00 bits per heavy atom. The minimum Gasteiger partial charge on any atom is -0.361 e. The fraction of sp³-hybridized carbons (Fsp3) is 0.286. The minimum atomic E-state index is -0.0892. The molecule has 0 radical (unpaired) electrons. The SMILES string of the molecule is CNC(=O)Cn1nc(N(C)C)cc1-c1ccc(Cl)cc1. The summed E-state index contributed by atoms with van der Waals surface area (Å²) in [5.74, 6) is 0.715. The van der Waals surface area contributed by atoms with E-state index in [9.17, 15) is 4.79 Å². The van der Waals surface area contributed by atoms with Crippen molar-refractivity contribution in [2.75, 3.05) is 26.0 Å². The lowest BCUT2D eigenvalue weighted by atomic mass is 10.1. The van der Waals surface area contributed by atoms with Gasteiger partial charge in [-0.3, -0.25) is 9.48 Å². The van der Waals surface area contributed by atoms with Gasteiger partial charge >= 0.3 is 0 Å². The van der Waals surface area contributed by atoms with E-state index < -0.39 is 0 Å². The van der Waals surface area contributed by atoms with Crippen LogP contribution in [0.2, 0.25) is 5.02 Å². The van der Waals surface area contributed by atoms with E-state index in [4.69, 9.17) is 11.6 Å². The first-order valence-electron chi connectivity index (χ1n) is 6.23. The van der Waals surface area contributed by atoms with Crippen LogP contribution in [0.25, 0.3) is 11.3 Å². The second-order valence-corrected chi connectivity index (χ2v) is 5.06. The van der Waals surface area contributed by atoms with E-state index in [1.807, 2.05) is 49.3 Å². The number of amides is 1.